The van der Waals surface area contributed by atoms with Gasteiger partial charge >= 0.3 is 6.18 Å². The van der Waals surface area contributed by atoms with Crippen molar-refractivity contribution in [3.05, 3.63) is 46.8 Å². The standard InChI is InChI=1S/C21H25F3N4O/c1-20(13-25)8-10-27(11-9-20)19(29)18-16-6-3-7-17(16)28(26-18)15-5-2-4-14(12-15)21(22,23)24/h2,4-5,12H,3,6-11,13,25H2,1H3. The fraction of sp³-hybridized carbons (Fsp3) is 0.524. The number of fused-ring (bicyclic) bond motifs is 1. The van der Waals surface area contributed by atoms with Gasteiger partial charge in [-0.15, -0.1) is 0 Å². The Hall–Kier alpha value is -2.35. The molecule has 8 heteroatoms. The highest BCUT2D eigenvalue weighted by Crippen LogP contribution is 2.34. The second kappa shape index (κ2) is 7.16. The van der Waals surface area contributed by atoms with E-state index in [9.17, 15) is 18.0 Å². The van der Waals surface area contributed by atoms with Crippen LogP contribution in [0.25, 0.3) is 5.69 Å². The molecule has 0 unspecified atom stereocenters. The topological polar surface area (TPSA) is 64.2 Å². The maximum Gasteiger partial charge on any atom is 0.416 e. The number of hydrogen-bond donors (Lipinski definition) is 1. The van der Waals surface area contributed by atoms with Gasteiger partial charge in [0.25, 0.3) is 5.91 Å². The molecule has 29 heavy (non-hydrogen) atoms. The Morgan fingerprint density at radius 2 is 1.97 bits per heavy atom. The van der Waals surface area contributed by atoms with Gasteiger partial charge in [-0.1, -0.05) is 13.0 Å². The van der Waals surface area contributed by atoms with Crippen LogP contribution in [-0.2, 0) is 19.0 Å². The lowest BCUT2D eigenvalue weighted by molar-refractivity contribution is -0.137. The van der Waals surface area contributed by atoms with Gasteiger partial charge in [0.2, 0.25) is 0 Å². The first-order valence-electron chi connectivity index (χ1n) is 10.00. The van der Waals surface area contributed by atoms with Crippen molar-refractivity contribution in [2.24, 2.45) is 11.1 Å². The molecule has 2 heterocycles. The Kier molecular flexibility index (Phi) is 4.93. The molecule has 0 saturated carbocycles. The van der Waals surface area contributed by atoms with Crippen LogP contribution in [0.5, 0.6) is 0 Å². The predicted octanol–water partition coefficient (Wildman–Crippen LogP) is 3.58. The van der Waals surface area contributed by atoms with E-state index in [1.54, 1.807) is 11.0 Å². The van der Waals surface area contributed by atoms with Gasteiger partial charge in [-0.2, -0.15) is 18.3 Å². The van der Waals surface area contributed by atoms with Gasteiger partial charge in [-0.3, -0.25) is 4.79 Å². The summed E-state index contributed by atoms with van der Waals surface area (Å²) in [5.74, 6) is -0.132. The maximum atomic E-state index is 13.2. The molecule has 2 N–H and O–H groups in total. The molecule has 1 amide bonds. The van der Waals surface area contributed by atoms with Crippen LogP contribution in [0.2, 0.25) is 0 Å². The van der Waals surface area contributed by atoms with E-state index in [0.717, 1.165) is 49.1 Å². The number of carbonyl (C=O) groups excluding carboxylic acids is 1. The highest BCUT2D eigenvalue weighted by Gasteiger charge is 2.35. The van der Waals surface area contributed by atoms with Crippen molar-refractivity contribution in [3.8, 4) is 5.69 Å². The number of alkyl halides is 3. The fourth-order valence-electron chi connectivity index (χ4n) is 4.24. The van der Waals surface area contributed by atoms with Gasteiger partial charge in [0, 0.05) is 24.3 Å². The molecule has 5 nitrogen and oxygen atoms in total. The summed E-state index contributed by atoms with van der Waals surface area (Å²) < 4.78 is 40.9. The Labute approximate surface area is 167 Å². The molecule has 1 saturated heterocycles. The van der Waals surface area contributed by atoms with E-state index >= 15 is 0 Å². The maximum absolute atomic E-state index is 13.2. The molecule has 1 fully saturated rings. The third-order valence-electron chi connectivity index (χ3n) is 6.30. The van der Waals surface area contributed by atoms with Gasteiger partial charge in [0.05, 0.1) is 11.3 Å². The first kappa shape index (κ1) is 19.9. The summed E-state index contributed by atoms with van der Waals surface area (Å²) in [4.78, 5) is 15.0. The summed E-state index contributed by atoms with van der Waals surface area (Å²) in [7, 11) is 0. The molecule has 0 atom stereocenters. The fourth-order valence-corrected chi connectivity index (χ4v) is 4.24. The van der Waals surface area contributed by atoms with E-state index in [4.69, 9.17) is 5.73 Å². The summed E-state index contributed by atoms with van der Waals surface area (Å²) in [6.07, 6.45) is -0.440. The number of rotatable bonds is 3. The second-order valence-electron chi connectivity index (χ2n) is 8.39. The number of hydrogen-bond acceptors (Lipinski definition) is 3. The van der Waals surface area contributed by atoms with E-state index in [0.29, 0.717) is 37.4 Å². The number of benzene rings is 1. The van der Waals surface area contributed by atoms with Crippen molar-refractivity contribution in [2.45, 2.75) is 45.2 Å². The zero-order valence-corrected chi connectivity index (χ0v) is 16.4. The van der Waals surface area contributed by atoms with Crippen molar-refractivity contribution in [1.29, 1.82) is 0 Å². The summed E-state index contributed by atoms with van der Waals surface area (Å²) in [6, 6.07) is 5.11. The first-order valence-corrected chi connectivity index (χ1v) is 10.00. The smallest absolute Gasteiger partial charge is 0.337 e. The largest absolute Gasteiger partial charge is 0.416 e. The number of aromatic nitrogens is 2. The van der Waals surface area contributed by atoms with Crippen molar-refractivity contribution in [1.82, 2.24) is 14.7 Å². The van der Waals surface area contributed by atoms with E-state index in [-0.39, 0.29) is 11.3 Å². The minimum atomic E-state index is -4.42. The molecular formula is C21H25F3N4O. The van der Waals surface area contributed by atoms with E-state index in [2.05, 4.69) is 12.0 Å². The Morgan fingerprint density at radius 1 is 1.24 bits per heavy atom. The monoisotopic (exact) mass is 406 g/mol. The number of piperidine rings is 1. The Balaban J connectivity index is 1.65. The van der Waals surface area contributed by atoms with Gasteiger partial charge < -0.3 is 10.6 Å². The van der Waals surface area contributed by atoms with Crippen LogP contribution in [0.4, 0.5) is 13.2 Å². The lowest BCUT2D eigenvalue weighted by Crippen LogP contribution is -2.45. The van der Waals surface area contributed by atoms with Gasteiger partial charge in [-0.25, -0.2) is 4.68 Å². The summed E-state index contributed by atoms with van der Waals surface area (Å²) in [5.41, 5.74) is 7.63. The summed E-state index contributed by atoms with van der Waals surface area (Å²) in [6.45, 7) is 3.97. The molecule has 0 bridgehead atoms. The molecule has 1 aromatic carbocycles. The van der Waals surface area contributed by atoms with Crippen molar-refractivity contribution in [2.75, 3.05) is 19.6 Å². The second-order valence-corrected chi connectivity index (χ2v) is 8.39. The van der Waals surface area contributed by atoms with Gasteiger partial charge in [0.15, 0.2) is 5.69 Å². The molecule has 1 aliphatic heterocycles. The lowest BCUT2D eigenvalue weighted by Gasteiger charge is -2.38. The molecule has 0 spiro atoms. The molecular weight excluding hydrogens is 381 g/mol. The van der Waals surface area contributed by atoms with E-state index in [1.165, 1.54) is 10.7 Å². The molecule has 156 valence electrons. The van der Waals surface area contributed by atoms with Crippen LogP contribution in [-0.4, -0.2) is 40.2 Å². The van der Waals surface area contributed by atoms with Crippen molar-refractivity contribution >= 4 is 5.91 Å². The van der Waals surface area contributed by atoms with E-state index < -0.39 is 11.7 Å². The molecule has 1 aliphatic carbocycles. The average Bonchev–Trinajstić information content (AvgIpc) is 3.30. The van der Waals surface area contributed by atoms with Crippen LogP contribution in [0.15, 0.2) is 24.3 Å². The van der Waals surface area contributed by atoms with Crippen LogP contribution < -0.4 is 5.73 Å². The molecule has 2 aromatic rings. The normalized spacial score (nSPS) is 18.7. The van der Waals surface area contributed by atoms with Crippen LogP contribution in [0, 0.1) is 5.41 Å². The number of halogens is 3. The molecule has 2 aliphatic rings. The predicted molar refractivity (Wildman–Crippen MR) is 103 cm³/mol. The number of amides is 1. The van der Waals surface area contributed by atoms with Crippen LogP contribution >= 0.6 is 0 Å². The third kappa shape index (κ3) is 3.66. The number of nitrogens with two attached hydrogens (primary N) is 1. The van der Waals surface area contributed by atoms with Crippen LogP contribution in [0.1, 0.15) is 53.5 Å². The number of carbonyl (C=O) groups is 1. The summed E-state index contributed by atoms with van der Waals surface area (Å²) >= 11 is 0. The minimum Gasteiger partial charge on any atom is -0.337 e. The number of likely N-dealkylation sites (tertiary alicyclic amines) is 1. The molecule has 1 aromatic heterocycles. The molecule has 4 rings (SSSR count). The highest BCUT2D eigenvalue weighted by molar-refractivity contribution is 5.94. The molecule has 0 radical (unpaired) electrons. The van der Waals surface area contributed by atoms with Crippen molar-refractivity contribution < 1.29 is 18.0 Å². The Bertz CT molecular complexity index is 926. The third-order valence-corrected chi connectivity index (χ3v) is 6.30. The Morgan fingerprint density at radius 3 is 2.62 bits per heavy atom. The SMILES string of the molecule is CC1(CN)CCN(C(=O)c2nn(-c3cccc(C(F)(F)F)c3)c3c2CCC3)CC1. The average molecular weight is 406 g/mol. The van der Waals surface area contributed by atoms with Gasteiger partial charge in [0.1, 0.15) is 0 Å². The zero-order valence-electron chi connectivity index (χ0n) is 16.4. The lowest BCUT2D eigenvalue weighted by atomic mass is 9.80. The number of nitrogens with zero attached hydrogens (tertiary/aromatic N) is 3. The van der Waals surface area contributed by atoms with Gasteiger partial charge in [-0.05, 0) is 62.3 Å². The van der Waals surface area contributed by atoms with Crippen LogP contribution in [0.3, 0.4) is 0 Å². The quantitative estimate of drug-likeness (QED) is 0.848. The zero-order chi connectivity index (χ0) is 20.8. The first-order chi connectivity index (χ1) is 13.7. The van der Waals surface area contributed by atoms with E-state index in [1.807, 2.05) is 0 Å². The minimum absolute atomic E-state index is 0.0517. The van der Waals surface area contributed by atoms with Crippen molar-refractivity contribution in [3.63, 3.8) is 0 Å². The summed E-state index contributed by atoms with van der Waals surface area (Å²) in [5, 5.41) is 4.49. The highest BCUT2D eigenvalue weighted by atomic mass is 19.4.